The SMILES string of the molecule is CC(C)CC(N)C(=O)NC(CCC(=O)O)C(=O)NC(CCCCN)C(=O)NC(CCCCN)C(=O)O. The summed E-state index contributed by atoms with van der Waals surface area (Å²) in [6, 6.07) is -4.39. The van der Waals surface area contributed by atoms with Gasteiger partial charge in [-0.15, -0.1) is 0 Å². The maximum absolute atomic E-state index is 13.0. The van der Waals surface area contributed by atoms with Crippen LogP contribution in [0.5, 0.6) is 0 Å². The van der Waals surface area contributed by atoms with Crippen LogP contribution in [0.4, 0.5) is 0 Å². The molecule has 0 aliphatic heterocycles. The number of nitrogens with two attached hydrogens (primary N) is 3. The van der Waals surface area contributed by atoms with Gasteiger partial charge < -0.3 is 43.4 Å². The molecular weight excluding hydrogens is 472 g/mol. The lowest BCUT2D eigenvalue weighted by molar-refractivity contribution is -0.142. The number of carboxylic acid groups (broad SMARTS) is 2. The molecule has 208 valence electrons. The van der Waals surface area contributed by atoms with Gasteiger partial charge in [0.25, 0.3) is 0 Å². The fourth-order valence-electron chi connectivity index (χ4n) is 3.49. The molecular formula is C23H44N6O7. The van der Waals surface area contributed by atoms with Crippen molar-refractivity contribution in [3.05, 3.63) is 0 Å². The Kier molecular flexibility index (Phi) is 17.1. The molecule has 36 heavy (non-hydrogen) atoms. The number of amides is 3. The number of aliphatic carboxylic acids is 2. The first kappa shape index (κ1) is 33.2. The first-order chi connectivity index (χ1) is 16.9. The molecule has 0 saturated carbocycles. The Morgan fingerprint density at radius 2 is 1.14 bits per heavy atom. The predicted molar refractivity (Wildman–Crippen MR) is 134 cm³/mol. The van der Waals surface area contributed by atoms with Crippen LogP contribution < -0.4 is 33.2 Å². The lowest BCUT2D eigenvalue weighted by Gasteiger charge is -2.25. The summed E-state index contributed by atoms with van der Waals surface area (Å²) < 4.78 is 0. The predicted octanol–water partition coefficient (Wildman–Crippen LogP) is -0.978. The van der Waals surface area contributed by atoms with Gasteiger partial charge in [0.1, 0.15) is 18.1 Å². The molecule has 0 aliphatic rings. The topological polar surface area (TPSA) is 240 Å². The van der Waals surface area contributed by atoms with Gasteiger partial charge >= 0.3 is 11.9 Å². The molecule has 0 saturated heterocycles. The number of nitrogens with one attached hydrogen (secondary N) is 3. The van der Waals surface area contributed by atoms with E-state index in [1.54, 1.807) is 0 Å². The van der Waals surface area contributed by atoms with Crippen LogP contribution >= 0.6 is 0 Å². The Morgan fingerprint density at radius 1 is 0.694 bits per heavy atom. The van der Waals surface area contributed by atoms with Crippen LogP contribution in [-0.2, 0) is 24.0 Å². The second-order valence-electron chi connectivity index (χ2n) is 9.26. The molecule has 0 heterocycles. The van der Waals surface area contributed by atoms with E-state index in [1.807, 2.05) is 13.8 Å². The number of unbranched alkanes of at least 4 members (excludes halogenated alkanes) is 2. The van der Waals surface area contributed by atoms with Crippen molar-refractivity contribution in [2.45, 2.75) is 95.8 Å². The largest absolute Gasteiger partial charge is 0.481 e. The molecule has 0 aromatic heterocycles. The highest BCUT2D eigenvalue weighted by atomic mass is 16.4. The minimum absolute atomic E-state index is 0.125. The molecule has 0 bridgehead atoms. The van der Waals surface area contributed by atoms with Crippen LogP contribution in [0, 0.1) is 5.92 Å². The highest BCUT2D eigenvalue weighted by molar-refractivity contribution is 5.94. The van der Waals surface area contributed by atoms with E-state index in [9.17, 15) is 29.1 Å². The number of carbonyl (C=O) groups excluding carboxylic acids is 3. The van der Waals surface area contributed by atoms with Crippen molar-refractivity contribution < 1.29 is 34.2 Å². The molecule has 0 spiro atoms. The lowest BCUT2D eigenvalue weighted by atomic mass is 10.0. The van der Waals surface area contributed by atoms with Crippen LogP contribution in [0.3, 0.4) is 0 Å². The molecule has 0 aliphatic carbocycles. The highest BCUT2D eigenvalue weighted by Gasteiger charge is 2.30. The Morgan fingerprint density at radius 3 is 1.58 bits per heavy atom. The zero-order chi connectivity index (χ0) is 27.7. The van der Waals surface area contributed by atoms with Gasteiger partial charge in [0.15, 0.2) is 0 Å². The summed E-state index contributed by atoms with van der Waals surface area (Å²) in [7, 11) is 0. The van der Waals surface area contributed by atoms with E-state index in [2.05, 4.69) is 16.0 Å². The fourth-order valence-corrected chi connectivity index (χ4v) is 3.49. The quantitative estimate of drug-likeness (QED) is 0.0919. The van der Waals surface area contributed by atoms with Crippen molar-refractivity contribution in [2.75, 3.05) is 13.1 Å². The average Bonchev–Trinajstić information content (AvgIpc) is 2.79. The molecule has 0 fully saturated rings. The van der Waals surface area contributed by atoms with Gasteiger partial charge in [-0.1, -0.05) is 13.8 Å². The molecule has 11 N–H and O–H groups in total. The van der Waals surface area contributed by atoms with Gasteiger partial charge in [-0.25, -0.2) is 4.79 Å². The molecule has 3 amide bonds. The molecule has 4 unspecified atom stereocenters. The molecule has 4 atom stereocenters. The van der Waals surface area contributed by atoms with E-state index in [0.29, 0.717) is 45.2 Å². The summed E-state index contributed by atoms with van der Waals surface area (Å²) in [6.45, 7) is 4.52. The van der Waals surface area contributed by atoms with E-state index in [0.717, 1.165) is 0 Å². The maximum Gasteiger partial charge on any atom is 0.326 e. The molecule has 0 rings (SSSR count). The zero-order valence-electron chi connectivity index (χ0n) is 21.3. The van der Waals surface area contributed by atoms with Crippen molar-refractivity contribution >= 4 is 29.7 Å². The first-order valence-corrected chi connectivity index (χ1v) is 12.4. The van der Waals surface area contributed by atoms with Crippen molar-refractivity contribution in [1.29, 1.82) is 0 Å². The molecule has 13 heteroatoms. The third-order valence-corrected chi connectivity index (χ3v) is 5.48. The Balaban J connectivity index is 5.53. The summed E-state index contributed by atoms with van der Waals surface area (Å²) >= 11 is 0. The van der Waals surface area contributed by atoms with Crippen LogP contribution in [-0.4, -0.2) is 77.1 Å². The minimum Gasteiger partial charge on any atom is -0.481 e. The van der Waals surface area contributed by atoms with Gasteiger partial charge in [0.05, 0.1) is 6.04 Å². The van der Waals surface area contributed by atoms with Gasteiger partial charge in [0.2, 0.25) is 17.7 Å². The summed E-state index contributed by atoms with van der Waals surface area (Å²) in [5, 5.41) is 26.0. The van der Waals surface area contributed by atoms with Crippen LogP contribution in [0.1, 0.15) is 71.6 Å². The van der Waals surface area contributed by atoms with E-state index < -0.39 is 60.2 Å². The van der Waals surface area contributed by atoms with Crippen molar-refractivity contribution in [1.82, 2.24) is 16.0 Å². The van der Waals surface area contributed by atoms with Crippen molar-refractivity contribution in [2.24, 2.45) is 23.1 Å². The standard InChI is InChI=1S/C23H44N6O7/c1-14(2)13-15(26)20(32)27-17(9-10-19(30)31)22(34)28-16(7-3-5-11-24)21(33)29-18(23(35)36)8-4-6-12-25/h14-18H,3-13,24-26H2,1-2H3,(H,27,32)(H,28,34)(H,29,33)(H,30,31)(H,35,36). The summed E-state index contributed by atoms with van der Waals surface area (Å²) in [5.41, 5.74) is 16.9. The maximum atomic E-state index is 13.0. The summed E-state index contributed by atoms with van der Waals surface area (Å²) in [5.74, 6) is -4.31. The second-order valence-corrected chi connectivity index (χ2v) is 9.26. The van der Waals surface area contributed by atoms with E-state index in [1.165, 1.54) is 0 Å². The number of carboxylic acids is 2. The zero-order valence-corrected chi connectivity index (χ0v) is 21.3. The van der Waals surface area contributed by atoms with Gasteiger partial charge in [-0.05, 0) is 70.4 Å². The van der Waals surface area contributed by atoms with Gasteiger partial charge in [-0.3, -0.25) is 19.2 Å². The normalized spacial score (nSPS) is 14.4. The monoisotopic (exact) mass is 516 g/mol. The molecule has 13 nitrogen and oxygen atoms in total. The molecule has 0 aromatic rings. The van der Waals surface area contributed by atoms with Crippen molar-refractivity contribution in [3.8, 4) is 0 Å². The van der Waals surface area contributed by atoms with Crippen LogP contribution in [0.25, 0.3) is 0 Å². The number of carbonyl (C=O) groups is 5. The van der Waals surface area contributed by atoms with Crippen molar-refractivity contribution in [3.63, 3.8) is 0 Å². The van der Waals surface area contributed by atoms with Gasteiger partial charge in [0, 0.05) is 6.42 Å². The highest BCUT2D eigenvalue weighted by Crippen LogP contribution is 2.08. The molecule has 0 aromatic carbocycles. The van der Waals surface area contributed by atoms with E-state index >= 15 is 0 Å². The summed E-state index contributed by atoms with van der Waals surface area (Å²) in [4.78, 5) is 61.1. The van der Waals surface area contributed by atoms with Gasteiger partial charge in [-0.2, -0.15) is 0 Å². The molecule has 0 radical (unpaired) electrons. The second kappa shape index (κ2) is 18.5. The number of rotatable bonds is 20. The van der Waals surface area contributed by atoms with E-state index in [-0.39, 0.29) is 25.2 Å². The third-order valence-electron chi connectivity index (χ3n) is 5.48. The number of hydrogen-bond acceptors (Lipinski definition) is 8. The summed E-state index contributed by atoms with van der Waals surface area (Å²) in [6.07, 6.45) is 2.25. The first-order valence-electron chi connectivity index (χ1n) is 12.4. The number of hydrogen-bond donors (Lipinski definition) is 8. The van der Waals surface area contributed by atoms with Crippen LogP contribution in [0.15, 0.2) is 0 Å². The Hall–Kier alpha value is -2.77. The van der Waals surface area contributed by atoms with E-state index in [4.69, 9.17) is 22.3 Å². The minimum atomic E-state index is -1.24. The lowest BCUT2D eigenvalue weighted by Crippen LogP contribution is -2.57. The fraction of sp³-hybridized carbons (Fsp3) is 0.783. The smallest absolute Gasteiger partial charge is 0.326 e. The Bertz CT molecular complexity index is 719. The Labute approximate surface area is 212 Å². The van der Waals surface area contributed by atoms with Crippen LogP contribution in [0.2, 0.25) is 0 Å². The average molecular weight is 517 g/mol. The third kappa shape index (κ3) is 14.6.